The molecule has 5 rings (SSSR count). The first-order chi connectivity index (χ1) is 14.5. The zero-order chi connectivity index (χ0) is 20.8. The Labute approximate surface area is 178 Å². The highest BCUT2D eigenvalue weighted by atomic mass is 35.5. The van der Waals surface area contributed by atoms with Crippen LogP contribution in [-0.2, 0) is 4.74 Å². The number of aryl methyl sites for hydroxylation is 1. The molecule has 9 heteroatoms. The molecule has 2 atom stereocenters. The number of rotatable bonds is 4. The van der Waals surface area contributed by atoms with Gasteiger partial charge in [-0.05, 0) is 43.1 Å². The maximum Gasteiger partial charge on any atom is 0.319 e. The van der Waals surface area contributed by atoms with Gasteiger partial charge in [0.25, 0.3) is 0 Å². The lowest BCUT2D eigenvalue weighted by molar-refractivity contribution is -0.0807. The molecule has 30 heavy (non-hydrogen) atoms. The second-order valence-electron chi connectivity index (χ2n) is 7.96. The van der Waals surface area contributed by atoms with E-state index in [0.717, 1.165) is 35.0 Å². The van der Waals surface area contributed by atoms with Crippen molar-refractivity contribution in [3.63, 3.8) is 0 Å². The largest absolute Gasteiger partial charge is 0.467 e. The lowest BCUT2D eigenvalue weighted by atomic mass is 9.84. The van der Waals surface area contributed by atoms with Gasteiger partial charge < -0.3 is 9.47 Å². The summed E-state index contributed by atoms with van der Waals surface area (Å²) in [5, 5.41) is 5.71. The molecule has 7 nitrogen and oxygen atoms in total. The van der Waals surface area contributed by atoms with Crippen LogP contribution in [0.5, 0.6) is 6.01 Å². The molecule has 2 aliphatic rings. The van der Waals surface area contributed by atoms with Crippen molar-refractivity contribution < 1.29 is 13.9 Å². The molecule has 158 valence electrons. The van der Waals surface area contributed by atoms with E-state index in [1.165, 1.54) is 7.11 Å². The lowest BCUT2D eigenvalue weighted by Crippen LogP contribution is -2.54. The summed E-state index contributed by atoms with van der Waals surface area (Å²) in [4.78, 5) is 10.6. The van der Waals surface area contributed by atoms with Gasteiger partial charge in [0.05, 0.1) is 38.1 Å². The Morgan fingerprint density at radius 2 is 2.07 bits per heavy atom. The third-order valence-corrected chi connectivity index (χ3v) is 6.32. The van der Waals surface area contributed by atoms with Crippen LogP contribution in [0.15, 0.2) is 24.4 Å². The molecule has 2 unspecified atom stereocenters. The normalized spacial score (nSPS) is 22.9. The van der Waals surface area contributed by atoms with Gasteiger partial charge in [-0.25, -0.2) is 9.07 Å². The average Bonchev–Trinajstić information content (AvgIpc) is 3.08. The number of nitrogens with zero attached hydrogens (tertiary/aromatic N) is 5. The predicted molar refractivity (Wildman–Crippen MR) is 111 cm³/mol. The topological polar surface area (TPSA) is 65.3 Å². The molecule has 0 saturated carbocycles. The Kier molecular flexibility index (Phi) is 5.08. The molecule has 0 radical (unpaired) electrons. The summed E-state index contributed by atoms with van der Waals surface area (Å²) in [5.41, 5.74) is 2.95. The number of benzene rings is 1. The van der Waals surface area contributed by atoms with Gasteiger partial charge in [0.15, 0.2) is 5.82 Å². The monoisotopic (exact) mass is 431 g/mol. The maximum atomic E-state index is 15.2. The number of hydrogen-bond acceptors (Lipinski definition) is 6. The summed E-state index contributed by atoms with van der Waals surface area (Å²) in [6, 6.07) is 6.27. The van der Waals surface area contributed by atoms with Gasteiger partial charge in [0.1, 0.15) is 11.3 Å². The van der Waals surface area contributed by atoms with Gasteiger partial charge in [0.2, 0.25) is 0 Å². The Morgan fingerprint density at radius 1 is 1.23 bits per heavy atom. The number of halogens is 2. The molecule has 2 aliphatic heterocycles. The Morgan fingerprint density at radius 3 is 2.77 bits per heavy atom. The highest BCUT2D eigenvalue weighted by molar-refractivity contribution is 6.29. The number of alkyl halides is 1. The summed E-state index contributed by atoms with van der Waals surface area (Å²) in [6.45, 7) is 4.80. The summed E-state index contributed by atoms with van der Waals surface area (Å²) in [7, 11) is 1.49. The molecule has 0 spiro atoms. The van der Waals surface area contributed by atoms with Crippen LogP contribution in [0.3, 0.4) is 0 Å². The Hall–Kier alpha value is -2.29. The number of aromatic nitrogens is 4. The predicted octanol–water partition coefficient (Wildman–Crippen LogP) is 3.31. The first kappa shape index (κ1) is 19.7. The third kappa shape index (κ3) is 3.42. The van der Waals surface area contributed by atoms with Crippen molar-refractivity contribution in [1.29, 1.82) is 0 Å². The Bertz CT molecular complexity index is 1090. The lowest BCUT2D eigenvalue weighted by Gasteiger charge is -2.43. The average molecular weight is 432 g/mol. The molecule has 2 aromatic heterocycles. The van der Waals surface area contributed by atoms with Crippen LogP contribution in [0.4, 0.5) is 4.39 Å². The molecule has 0 bridgehead atoms. The van der Waals surface area contributed by atoms with Crippen molar-refractivity contribution >= 4 is 22.5 Å². The minimum absolute atomic E-state index is 0.140. The SMILES string of the molecule is COc1nc(Cl)cc(-n2ncc3cc(C)c(C4CCN(C5COC5)CC4F)cc32)n1. The van der Waals surface area contributed by atoms with E-state index in [2.05, 4.69) is 26.0 Å². The fourth-order valence-electron chi connectivity index (χ4n) is 4.42. The number of ether oxygens (including phenoxy) is 2. The van der Waals surface area contributed by atoms with E-state index in [-0.39, 0.29) is 17.1 Å². The first-order valence-corrected chi connectivity index (χ1v) is 10.4. The molecule has 4 heterocycles. The van der Waals surface area contributed by atoms with E-state index in [9.17, 15) is 0 Å². The molecule has 2 fully saturated rings. The third-order valence-electron chi connectivity index (χ3n) is 6.13. The minimum atomic E-state index is -0.916. The van der Waals surface area contributed by atoms with Gasteiger partial charge in [-0.3, -0.25) is 4.90 Å². The summed E-state index contributed by atoms with van der Waals surface area (Å²) >= 11 is 6.11. The van der Waals surface area contributed by atoms with Gasteiger partial charge in [-0.2, -0.15) is 15.1 Å². The fourth-order valence-corrected chi connectivity index (χ4v) is 4.59. The zero-order valence-corrected chi connectivity index (χ0v) is 17.6. The van der Waals surface area contributed by atoms with Crippen molar-refractivity contribution in [2.24, 2.45) is 0 Å². The second-order valence-corrected chi connectivity index (χ2v) is 8.34. The molecular formula is C21H23ClFN5O2. The number of fused-ring (bicyclic) bond motifs is 1. The number of methoxy groups -OCH3 is 1. The minimum Gasteiger partial charge on any atom is -0.467 e. The van der Waals surface area contributed by atoms with Gasteiger partial charge in [0, 0.05) is 23.9 Å². The molecule has 3 aromatic rings. The number of hydrogen-bond donors (Lipinski definition) is 0. The van der Waals surface area contributed by atoms with Crippen LogP contribution in [0.1, 0.15) is 23.5 Å². The standard InChI is InChI=1S/C21H23ClFN5O2/c1-12-5-13-8-24-28(20-7-19(22)25-21(26-20)29-2)18(13)6-16(12)15-3-4-27(9-17(15)23)14-10-30-11-14/h5-8,14-15,17H,3-4,9-11H2,1-2H3. The van der Waals surface area contributed by atoms with E-state index in [0.29, 0.717) is 31.6 Å². The smallest absolute Gasteiger partial charge is 0.319 e. The van der Waals surface area contributed by atoms with Crippen LogP contribution < -0.4 is 4.74 Å². The molecule has 0 N–H and O–H groups in total. The quantitative estimate of drug-likeness (QED) is 0.590. The number of likely N-dealkylation sites (tertiary alicyclic amines) is 1. The Balaban J connectivity index is 1.50. The van der Waals surface area contributed by atoms with Crippen LogP contribution in [-0.4, -0.2) is 70.3 Å². The van der Waals surface area contributed by atoms with Crippen molar-refractivity contribution in [1.82, 2.24) is 24.6 Å². The van der Waals surface area contributed by atoms with Crippen LogP contribution >= 0.6 is 11.6 Å². The highest BCUT2D eigenvalue weighted by Gasteiger charge is 2.36. The zero-order valence-electron chi connectivity index (χ0n) is 16.9. The van der Waals surface area contributed by atoms with Gasteiger partial charge >= 0.3 is 6.01 Å². The molecule has 1 aromatic carbocycles. The van der Waals surface area contributed by atoms with Crippen molar-refractivity contribution in [3.05, 3.63) is 40.7 Å². The maximum absolute atomic E-state index is 15.2. The van der Waals surface area contributed by atoms with Crippen LogP contribution in [0, 0.1) is 6.92 Å². The van der Waals surface area contributed by atoms with Crippen molar-refractivity contribution in [2.75, 3.05) is 33.4 Å². The van der Waals surface area contributed by atoms with E-state index in [1.54, 1.807) is 16.9 Å². The summed E-state index contributed by atoms with van der Waals surface area (Å²) in [5.74, 6) is 0.367. The van der Waals surface area contributed by atoms with E-state index in [4.69, 9.17) is 21.1 Å². The molecular weight excluding hydrogens is 409 g/mol. The van der Waals surface area contributed by atoms with Gasteiger partial charge in [-0.1, -0.05) is 11.6 Å². The van der Waals surface area contributed by atoms with E-state index in [1.807, 2.05) is 13.0 Å². The highest BCUT2D eigenvalue weighted by Crippen LogP contribution is 2.36. The number of piperidine rings is 1. The summed E-state index contributed by atoms with van der Waals surface area (Å²) < 4.78 is 27.3. The van der Waals surface area contributed by atoms with E-state index >= 15 is 4.39 Å². The molecule has 0 amide bonds. The fraction of sp³-hybridized carbons (Fsp3) is 0.476. The molecule has 0 aliphatic carbocycles. The van der Waals surface area contributed by atoms with E-state index < -0.39 is 6.17 Å². The van der Waals surface area contributed by atoms with Crippen LogP contribution in [0.2, 0.25) is 5.15 Å². The molecule has 2 saturated heterocycles. The summed E-state index contributed by atoms with van der Waals surface area (Å²) in [6.07, 6.45) is 1.65. The first-order valence-electron chi connectivity index (χ1n) is 10.1. The van der Waals surface area contributed by atoms with Crippen molar-refractivity contribution in [3.8, 4) is 11.8 Å². The van der Waals surface area contributed by atoms with Gasteiger partial charge in [-0.15, -0.1) is 0 Å². The second kappa shape index (κ2) is 7.76. The van der Waals surface area contributed by atoms with Crippen molar-refractivity contribution in [2.45, 2.75) is 31.5 Å². The van der Waals surface area contributed by atoms with Crippen LogP contribution in [0.25, 0.3) is 16.7 Å².